The van der Waals surface area contributed by atoms with Crippen LogP contribution in [0, 0.1) is 6.92 Å². The van der Waals surface area contributed by atoms with E-state index in [9.17, 15) is 4.79 Å². The van der Waals surface area contributed by atoms with Gasteiger partial charge in [-0.05, 0) is 18.6 Å². The number of aromatic carboxylic acids is 1. The van der Waals surface area contributed by atoms with Crippen LogP contribution in [-0.2, 0) is 0 Å². The lowest BCUT2D eigenvalue weighted by molar-refractivity contribution is 0.0696. The van der Waals surface area contributed by atoms with Crippen LogP contribution in [0.2, 0.25) is 0 Å². The van der Waals surface area contributed by atoms with E-state index in [1.807, 2.05) is 0 Å². The Bertz CT molecular complexity index is 260. The molecule has 11 heavy (non-hydrogen) atoms. The van der Waals surface area contributed by atoms with Gasteiger partial charge in [0.15, 0.2) is 0 Å². The zero-order valence-corrected chi connectivity index (χ0v) is 6.24. The molecule has 0 amide bonds. The highest BCUT2D eigenvalue weighted by Crippen LogP contribution is 1.99. The van der Waals surface area contributed by atoms with Crippen molar-refractivity contribution in [3.05, 3.63) is 29.6 Å². The minimum Gasteiger partial charge on any atom is -0.478 e. The maximum Gasteiger partial charge on any atom is 0.337 e. The van der Waals surface area contributed by atoms with Crippen LogP contribution in [0.5, 0.6) is 0 Å². The van der Waals surface area contributed by atoms with Crippen LogP contribution in [0.4, 0.5) is 0 Å². The molecule has 0 atom stereocenters. The predicted molar refractivity (Wildman–Crippen MR) is 41.0 cm³/mol. The highest BCUT2D eigenvalue weighted by atomic mass is 16.4. The Morgan fingerprint density at radius 2 is 2.18 bits per heavy atom. The number of carbonyl (C=O) groups is 1. The van der Waals surface area contributed by atoms with Gasteiger partial charge >= 0.3 is 5.97 Å². The second kappa shape index (κ2) is 3.68. The molecule has 4 heteroatoms. The Kier molecular flexibility index (Phi) is 3.20. The first-order chi connectivity index (χ1) is 4.70. The molecular weight excluding hydrogens is 144 g/mol. The smallest absolute Gasteiger partial charge is 0.337 e. The van der Waals surface area contributed by atoms with Crippen LogP contribution in [0.25, 0.3) is 0 Å². The number of nitrogens with zero attached hydrogens (tertiary/aromatic N) is 1. The second-order valence-corrected chi connectivity index (χ2v) is 2.06. The third-order valence-electron chi connectivity index (χ3n) is 1.12. The van der Waals surface area contributed by atoms with Crippen LogP contribution in [0.15, 0.2) is 18.5 Å². The van der Waals surface area contributed by atoms with E-state index in [-0.39, 0.29) is 11.7 Å². The van der Waals surface area contributed by atoms with Gasteiger partial charge in [0.25, 0.3) is 0 Å². The Morgan fingerprint density at radius 1 is 1.55 bits per heavy atom. The molecule has 4 nitrogen and oxygen atoms in total. The standard InChI is InChI=1S/C7H7NO2.H3N/c1-5-2-6(7(9)10)4-8-3-5;/h2-4H,1H3,(H,9,10);1H3. The molecule has 4 N–H and O–H groups in total. The van der Waals surface area contributed by atoms with Crippen LogP contribution >= 0.6 is 0 Å². The maximum absolute atomic E-state index is 10.3. The Balaban J connectivity index is 0.000001000. The summed E-state index contributed by atoms with van der Waals surface area (Å²) in [7, 11) is 0. The number of hydrogen-bond acceptors (Lipinski definition) is 3. The van der Waals surface area contributed by atoms with Gasteiger partial charge < -0.3 is 11.3 Å². The zero-order valence-electron chi connectivity index (χ0n) is 6.24. The van der Waals surface area contributed by atoms with E-state index >= 15 is 0 Å². The molecule has 0 aromatic carbocycles. The molecule has 0 fully saturated rings. The first-order valence-electron chi connectivity index (χ1n) is 2.85. The molecule has 1 heterocycles. The summed E-state index contributed by atoms with van der Waals surface area (Å²) in [5.41, 5.74) is 1.10. The van der Waals surface area contributed by atoms with Crippen molar-refractivity contribution < 1.29 is 9.90 Å². The van der Waals surface area contributed by atoms with Crippen molar-refractivity contribution in [1.29, 1.82) is 0 Å². The van der Waals surface area contributed by atoms with Gasteiger partial charge in [-0.1, -0.05) is 0 Å². The first-order valence-corrected chi connectivity index (χ1v) is 2.85. The molecule has 0 aliphatic heterocycles. The normalized spacial score (nSPS) is 8.45. The van der Waals surface area contributed by atoms with E-state index in [0.717, 1.165) is 5.56 Å². The molecule has 60 valence electrons. The summed E-state index contributed by atoms with van der Waals surface area (Å²) in [5.74, 6) is -0.934. The van der Waals surface area contributed by atoms with Crippen LogP contribution < -0.4 is 6.15 Å². The van der Waals surface area contributed by atoms with Crippen molar-refractivity contribution in [2.24, 2.45) is 0 Å². The number of aryl methyl sites for hydroxylation is 1. The molecule has 0 aliphatic rings. The van der Waals surface area contributed by atoms with Gasteiger partial charge in [0.1, 0.15) is 0 Å². The minimum atomic E-state index is -0.934. The topological polar surface area (TPSA) is 85.2 Å². The summed E-state index contributed by atoms with van der Waals surface area (Å²) >= 11 is 0. The van der Waals surface area contributed by atoms with Gasteiger partial charge in [-0.2, -0.15) is 0 Å². The maximum atomic E-state index is 10.3. The number of aromatic nitrogens is 1. The fourth-order valence-corrected chi connectivity index (χ4v) is 0.672. The summed E-state index contributed by atoms with van der Waals surface area (Å²) < 4.78 is 0. The highest BCUT2D eigenvalue weighted by molar-refractivity contribution is 5.87. The van der Waals surface area contributed by atoms with Gasteiger partial charge in [-0.25, -0.2) is 4.79 Å². The van der Waals surface area contributed by atoms with E-state index in [1.165, 1.54) is 6.20 Å². The van der Waals surface area contributed by atoms with E-state index < -0.39 is 5.97 Å². The summed E-state index contributed by atoms with van der Waals surface area (Å²) in [6, 6.07) is 1.58. The fourth-order valence-electron chi connectivity index (χ4n) is 0.672. The third kappa shape index (κ3) is 2.35. The van der Waals surface area contributed by atoms with Crippen molar-refractivity contribution in [2.75, 3.05) is 0 Å². The molecule has 0 unspecified atom stereocenters. The van der Waals surface area contributed by atoms with Gasteiger partial charge in [-0.3, -0.25) is 4.98 Å². The number of rotatable bonds is 1. The average molecular weight is 154 g/mol. The highest BCUT2D eigenvalue weighted by Gasteiger charge is 2.00. The molecule has 0 radical (unpaired) electrons. The molecule has 0 aliphatic carbocycles. The van der Waals surface area contributed by atoms with Crippen molar-refractivity contribution in [1.82, 2.24) is 11.1 Å². The van der Waals surface area contributed by atoms with E-state index in [0.29, 0.717) is 0 Å². The number of hydrogen-bond donors (Lipinski definition) is 2. The minimum absolute atomic E-state index is 0. The Hall–Kier alpha value is -1.42. The number of carboxylic acids is 1. The lowest BCUT2D eigenvalue weighted by atomic mass is 10.2. The monoisotopic (exact) mass is 154 g/mol. The summed E-state index contributed by atoms with van der Waals surface area (Å²) in [6.07, 6.45) is 2.95. The average Bonchev–Trinajstić information content (AvgIpc) is 1.88. The molecule has 0 saturated carbocycles. The van der Waals surface area contributed by atoms with Gasteiger partial charge in [0.05, 0.1) is 5.56 Å². The molecule has 1 rings (SSSR count). The van der Waals surface area contributed by atoms with Crippen molar-refractivity contribution >= 4 is 5.97 Å². The lowest BCUT2D eigenvalue weighted by Gasteiger charge is -1.92. The predicted octanol–water partition coefficient (Wildman–Crippen LogP) is 1.25. The van der Waals surface area contributed by atoms with Crippen LogP contribution in [-0.4, -0.2) is 16.1 Å². The SMILES string of the molecule is Cc1cncc(C(=O)O)c1.N. The van der Waals surface area contributed by atoms with Crippen molar-refractivity contribution in [3.63, 3.8) is 0 Å². The zero-order chi connectivity index (χ0) is 7.56. The third-order valence-corrected chi connectivity index (χ3v) is 1.12. The van der Waals surface area contributed by atoms with Crippen molar-refractivity contribution in [2.45, 2.75) is 6.92 Å². The molecule has 1 aromatic heterocycles. The van der Waals surface area contributed by atoms with Gasteiger partial charge in [-0.15, -0.1) is 0 Å². The quantitative estimate of drug-likeness (QED) is 0.637. The Morgan fingerprint density at radius 3 is 2.55 bits per heavy atom. The van der Waals surface area contributed by atoms with Gasteiger partial charge in [0.2, 0.25) is 0 Å². The molecule has 0 saturated heterocycles. The molecule has 1 aromatic rings. The molecule has 0 bridgehead atoms. The number of pyridine rings is 1. The van der Waals surface area contributed by atoms with Crippen LogP contribution in [0.3, 0.4) is 0 Å². The Labute approximate surface area is 64.5 Å². The second-order valence-electron chi connectivity index (χ2n) is 2.06. The number of carboxylic acid groups (broad SMARTS) is 1. The molecular formula is C7H10N2O2. The van der Waals surface area contributed by atoms with E-state index in [2.05, 4.69) is 4.98 Å². The first kappa shape index (κ1) is 9.58. The fraction of sp³-hybridized carbons (Fsp3) is 0.143. The summed E-state index contributed by atoms with van der Waals surface area (Å²) in [6.45, 7) is 1.80. The summed E-state index contributed by atoms with van der Waals surface area (Å²) in [5, 5.41) is 8.47. The van der Waals surface area contributed by atoms with Gasteiger partial charge in [0, 0.05) is 12.4 Å². The molecule has 0 spiro atoms. The van der Waals surface area contributed by atoms with E-state index in [1.54, 1.807) is 19.2 Å². The lowest BCUT2D eigenvalue weighted by Crippen LogP contribution is -1.96. The van der Waals surface area contributed by atoms with E-state index in [4.69, 9.17) is 5.11 Å². The summed E-state index contributed by atoms with van der Waals surface area (Å²) in [4.78, 5) is 14.0. The largest absolute Gasteiger partial charge is 0.478 e. The van der Waals surface area contributed by atoms with Crippen molar-refractivity contribution in [3.8, 4) is 0 Å². The van der Waals surface area contributed by atoms with Crippen LogP contribution in [0.1, 0.15) is 15.9 Å².